The molecule has 0 aliphatic carbocycles. The maximum Gasteiger partial charge on any atom is 0.119 e. The first-order chi connectivity index (χ1) is 8.11. The Kier molecular flexibility index (Phi) is 3.54. The van der Waals surface area contributed by atoms with Crippen LogP contribution < -0.4 is 10.5 Å². The van der Waals surface area contributed by atoms with Crippen LogP contribution in [0.15, 0.2) is 18.2 Å². The highest BCUT2D eigenvalue weighted by molar-refractivity contribution is 5.51. The lowest BCUT2D eigenvalue weighted by Gasteiger charge is -2.20. The van der Waals surface area contributed by atoms with Crippen LogP contribution in [0, 0.1) is 5.92 Å². The van der Waals surface area contributed by atoms with Gasteiger partial charge in [-0.15, -0.1) is 0 Å². The summed E-state index contributed by atoms with van der Waals surface area (Å²) in [6, 6.07) is 5.43. The molecule has 1 heterocycles. The van der Waals surface area contributed by atoms with Crippen molar-refractivity contribution in [2.75, 3.05) is 33.0 Å². The average Bonchev–Trinajstić information content (AvgIpc) is 2.76. The van der Waals surface area contributed by atoms with Crippen molar-refractivity contribution in [3.63, 3.8) is 0 Å². The van der Waals surface area contributed by atoms with Gasteiger partial charge in [-0.25, -0.2) is 0 Å². The van der Waals surface area contributed by atoms with Crippen LogP contribution in [-0.2, 0) is 0 Å². The second-order valence-corrected chi connectivity index (χ2v) is 4.75. The van der Waals surface area contributed by atoms with Crippen LogP contribution >= 0.6 is 0 Å². The van der Waals surface area contributed by atoms with E-state index < -0.39 is 6.10 Å². The Morgan fingerprint density at radius 2 is 2.29 bits per heavy atom. The van der Waals surface area contributed by atoms with E-state index in [2.05, 4.69) is 11.9 Å². The van der Waals surface area contributed by atoms with E-state index in [0.717, 1.165) is 30.8 Å². The minimum absolute atomic E-state index is 0.259. The van der Waals surface area contributed by atoms with Gasteiger partial charge in [-0.2, -0.15) is 0 Å². The van der Waals surface area contributed by atoms with Gasteiger partial charge in [-0.3, -0.25) is 0 Å². The zero-order valence-electron chi connectivity index (χ0n) is 10.4. The molecule has 2 atom stereocenters. The fourth-order valence-corrected chi connectivity index (χ4v) is 2.42. The van der Waals surface area contributed by atoms with E-state index in [0.29, 0.717) is 5.69 Å². The third kappa shape index (κ3) is 2.53. The zero-order valence-corrected chi connectivity index (χ0v) is 10.4. The van der Waals surface area contributed by atoms with Gasteiger partial charge in [0.1, 0.15) is 5.75 Å². The number of methoxy groups -OCH3 is 1. The smallest absolute Gasteiger partial charge is 0.119 e. The molecular formula is C13H20N2O2. The summed E-state index contributed by atoms with van der Waals surface area (Å²) in [6.45, 7) is 1.95. The van der Waals surface area contributed by atoms with E-state index in [-0.39, 0.29) is 5.92 Å². The van der Waals surface area contributed by atoms with Gasteiger partial charge in [0.05, 0.1) is 13.2 Å². The van der Waals surface area contributed by atoms with Gasteiger partial charge >= 0.3 is 0 Å². The van der Waals surface area contributed by atoms with Crippen molar-refractivity contribution in [2.24, 2.45) is 5.92 Å². The molecule has 0 spiro atoms. The molecule has 94 valence electrons. The van der Waals surface area contributed by atoms with E-state index in [1.54, 1.807) is 13.2 Å². The molecule has 1 aliphatic rings. The molecule has 2 rings (SSSR count). The zero-order chi connectivity index (χ0) is 12.4. The molecule has 0 saturated carbocycles. The number of likely N-dealkylation sites (tertiary alicyclic amines) is 1. The number of nitrogens with zero attached hydrogens (tertiary/aromatic N) is 1. The van der Waals surface area contributed by atoms with Gasteiger partial charge in [-0.1, -0.05) is 0 Å². The number of nitrogen functional groups attached to an aromatic ring is 1. The first kappa shape index (κ1) is 12.2. The maximum atomic E-state index is 10.4. The molecule has 4 heteroatoms. The Morgan fingerprint density at radius 3 is 2.88 bits per heavy atom. The number of hydrogen-bond acceptors (Lipinski definition) is 4. The SMILES string of the molecule is COc1ccc(N)c(C(O)C2CCN(C)C2)c1. The van der Waals surface area contributed by atoms with Crippen molar-refractivity contribution in [1.29, 1.82) is 0 Å². The highest BCUT2D eigenvalue weighted by Gasteiger charge is 2.28. The molecule has 3 N–H and O–H groups in total. The van der Waals surface area contributed by atoms with Crippen LogP contribution in [0.4, 0.5) is 5.69 Å². The van der Waals surface area contributed by atoms with E-state index in [4.69, 9.17) is 10.5 Å². The van der Waals surface area contributed by atoms with Crippen molar-refractivity contribution in [3.05, 3.63) is 23.8 Å². The minimum Gasteiger partial charge on any atom is -0.497 e. The lowest BCUT2D eigenvalue weighted by molar-refractivity contribution is 0.113. The van der Waals surface area contributed by atoms with E-state index in [1.165, 1.54) is 0 Å². The van der Waals surface area contributed by atoms with E-state index in [9.17, 15) is 5.11 Å². The monoisotopic (exact) mass is 236 g/mol. The summed E-state index contributed by atoms with van der Waals surface area (Å²) in [5.41, 5.74) is 7.33. The predicted octanol–water partition coefficient (Wildman–Crippen LogP) is 1.26. The number of nitrogens with two attached hydrogens (primary N) is 1. The quantitative estimate of drug-likeness (QED) is 0.776. The first-order valence-corrected chi connectivity index (χ1v) is 5.92. The molecule has 0 radical (unpaired) electrons. The number of ether oxygens (including phenoxy) is 1. The summed E-state index contributed by atoms with van der Waals surface area (Å²) in [7, 11) is 3.69. The van der Waals surface area contributed by atoms with Crippen LogP contribution in [0.3, 0.4) is 0 Å². The second kappa shape index (κ2) is 4.94. The predicted molar refractivity (Wildman–Crippen MR) is 68.0 cm³/mol. The van der Waals surface area contributed by atoms with Crippen LogP contribution in [-0.4, -0.2) is 37.3 Å². The van der Waals surface area contributed by atoms with Gasteiger partial charge in [0, 0.05) is 23.7 Å². The van der Waals surface area contributed by atoms with E-state index >= 15 is 0 Å². The molecule has 1 saturated heterocycles. The molecule has 4 nitrogen and oxygen atoms in total. The molecule has 1 aliphatic heterocycles. The Morgan fingerprint density at radius 1 is 1.53 bits per heavy atom. The van der Waals surface area contributed by atoms with Crippen molar-refractivity contribution < 1.29 is 9.84 Å². The number of aliphatic hydroxyl groups is 1. The van der Waals surface area contributed by atoms with Gasteiger partial charge in [0.2, 0.25) is 0 Å². The Bertz CT molecular complexity index is 395. The standard InChI is InChI=1S/C13H20N2O2/c1-15-6-5-9(8-15)13(16)11-7-10(17-2)3-4-12(11)14/h3-4,7,9,13,16H,5-6,8,14H2,1-2H3. The summed E-state index contributed by atoms with van der Waals surface area (Å²) < 4.78 is 5.17. The topological polar surface area (TPSA) is 58.7 Å². The van der Waals surface area contributed by atoms with E-state index in [1.807, 2.05) is 12.1 Å². The van der Waals surface area contributed by atoms with Gasteiger partial charge in [0.25, 0.3) is 0 Å². The van der Waals surface area contributed by atoms with Gasteiger partial charge in [0.15, 0.2) is 0 Å². The van der Waals surface area contributed by atoms with Crippen LogP contribution in [0.25, 0.3) is 0 Å². The second-order valence-electron chi connectivity index (χ2n) is 4.75. The first-order valence-electron chi connectivity index (χ1n) is 5.92. The third-order valence-corrected chi connectivity index (χ3v) is 3.49. The number of rotatable bonds is 3. The Balaban J connectivity index is 2.20. The van der Waals surface area contributed by atoms with Gasteiger partial charge in [-0.05, 0) is 38.2 Å². The molecule has 1 fully saturated rings. The Hall–Kier alpha value is -1.26. The Labute approximate surface area is 102 Å². The number of hydrogen-bond donors (Lipinski definition) is 2. The van der Waals surface area contributed by atoms with Crippen LogP contribution in [0.2, 0.25) is 0 Å². The highest BCUT2D eigenvalue weighted by Crippen LogP contribution is 2.34. The fraction of sp³-hybridized carbons (Fsp3) is 0.538. The lowest BCUT2D eigenvalue weighted by atomic mass is 9.94. The van der Waals surface area contributed by atoms with Gasteiger partial charge < -0.3 is 20.5 Å². The molecule has 0 amide bonds. The van der Waals surface area contributed by atoms with Crippen molar-refractivity contribution in [1.82, 2.24) is 4.90 Å². The van der Waals surface area contributed by atoms with Crippen molar-refractivity contribution in [2.45, 2.75) is 12.5 Å². The molecular weight excluding hydrogens is 216 g/mol. The highest BCUT2D eigenvalue weighted by atomic mass is 16.5. The molecule has 1 aromatic rings. The van der Waals surface area contributed by atoms with Crippen LogP contribution in [0.5, 0.6) is 5.75 Å². The number of aliphatic hydroxyl groups excluding tert-OH is 1. The van der Waals surface area contributed by atoms with Crippen molar-refractivity contribution >= 4 is 5.69 Å². The summed E-state index contributed by atoms with van der Waals surface area (Å²) in [6.07, 6.45) is 0.504. The molecule has 1 aromatic carbocycles. The minimum atomic E-state index is -0.505. The summed E-state index contributed by atoms with van der Waals surface area (Å²) in [5, 5.41) is 10.4. The average molecular weight is 236 g/mol. The summed E-state index contributed by atoms with van der Waals surface area (Å²) in [5.74, 6) is 0.994. The summed E-state index contributed by atoms with van der Waals surface area (Å²) >= 11 is 0. The maximum absolute atomic E-state index is 10.4. The summed E-state index contributed by atoms with van der Waals surface area (Å²) in [4.78, 5) is 2.23. The normalized spacial score (nSPS) is 22.6. The molecule has 0 bridgehead atoms. The molecule has 17 heavy (non-hydrogen) atoms. The lowest BCUT2D eigenvalue weighted by Crippen LogP contribution is -2.19. The van der Waals surface area contributed by atoms with Crippen molar-refractivity contribution in [3.8, 4) is 5.75 Å². The van der Waals surface area contributed by atoms with Crippen LogP contribution in [0.1, 0.15) is 18.1 Å². The number of benzene rings is 1. The number of anilines is 1. The fourth-order valence-electron chi connectivity index (χ4n) is 2.42. The molecule has 2 unspecified atom stereocenters. The molecule has 0 aromatic heterocycles. The third-order valence-electron chi connectivity index (χ3n) is 3.49. The largest absolute Gasteiger partial charge is 0.497 e.